The van der Waals surface area contributed by atoms with E-state index in [-0.39, 0.29) is 12.4 Å². The highest BCUT2D eigenvalue weighted by molar-refractivity contribution is 5.93. The van der Waals surface area contributed by atoms with Gasteiger partial charge in [-0.1, -0.05) is 0 Å². The summed E-state index contributed by atoms with van der Waals surface area (Å²) in [7, 11) is 3.61. The van der Waals surface area contributed by atoms with Crippen molar-refractivity contribution in [3.8, 4) is 0 Å². The first-order valence-electron chi connectivity index (χ1n) is 6.11. The number of likely N-dealkylation sites (N-methyl/N-ethyl adjacent to an activating group) is 1. The highest BCUT2D eigenvalue weighted by Gasteiger charge is 2.24. The number of nitrogens with zero attached hydrogens (tertiary/aromatic N) is 3. The summed E-state index contributed by atoms with van der Waals surface area (Å²) in [5.74, 6) is -1.26. The lowest BCUT2D eigenvalue weighted by Gasteiger charge is -2.27. The van der Waals surface area contributed by atoms with Crippen molar-refractivity contribution >= 4 is 17.5 Å². The number of pyridine rings is 1. The Kier molecular flexibility index (Phi) is 5.17. The van der Waals surface area contributed by atoms with Crippen LogP contribution in [0.15, 0.2) is 12.3 Å². The molecule has 21 heavy (non-hydrogen) atoms. The van der Waals surface area contributed by atoms with Crippen molar-refractivity contribution in [3.63, 3.8) is 0 Å². The number of aliphatic hydroxyl groups is 1. The van der Waals surface area contributed by atoms with Crippen LogP contribution >= 0.6 is 0 Å². The van der Waals surface area contributed by atoms with E-state index in [2.05, 4.69) is 10.3 Å². The van der Waals surface area contributed by atoms with E-state index in [0.29, 0.717) is 6.54 Å². The number of carbonyl (C=O) groups is 1. The van der Waals surface area contributed by atoms with Crippen molar-refractivity contribution in [1.29, 1.82) is 0 Å². The lowest BCUT2D eigenvalue weighted by molar-refractivity contribution is -0.385. The zero-order valence-corrected chi connectivity index (χ0v) is 12.0. The number of aromatic nitrogens is 1. The molecule has 9 nitrogen and oxygen atoms in total. The van der Waals surface area contributed by atoms with Crippen LogP contribution in [0.1, 0.15) is 17.3 Å². The molecule has 0 bridgehead atoms. The van der Waals surface area contributed by atoms with E-state index in [1.165, 1.54) is 0 Å². The Balaban J connectivity index is 2.88. The predicted octanol–water partition coefficient (Wildman–Crippen LogP) is 0.412. The molecule has 3 N–H and O–H groups in total. The van der Waals surface area contributed by atoms with E-state index in [1.807, 2.05) is 0 Å². The van der Waals surface area contributed by atoms with Gasteiger partial charge in [-0.3, -0.25) is 10.1 Å². The van der Waals surface area contributed by atoms with Crippen LogP contribution in [-0.4, -0.2) is 63.8 Å². The van der Waals surface area contributed by atoms with Crippen molar-refractivity contribution in [3.05, 3.63) is 27.9 Å². The summed E-state index contributed by atoms with van der Waals surface area (Å²) in [5, 5.41) is 32.6. The minimum absolute atomic E-state index is 0.120. The molecule has 0 aliphatic heterocycles. The SMILES string of the molecule is CN(C)CC(C)(O)CNc1cc(C(=O)O)c([N+](=O)[O-])cn1. The summed E-state index contributed by atoms with van der Waals surface area (Å²) in [6.07, 6.45) is 0.881. The smallest absolute Gasteiger partial charge is 0.342 e. The van der Waals surface area contributed by atoms with Crippen LogP contribution in [0, 0.1) is 10.1 Å². The monoisotopic (exact) mass is 298 g/mol. The first kappa shape index (κ1) is 16.8. The van der Waals surface area contributed by atoms with E-state index in [1.54, 1.807) is 25.9 Å². The minimum Gasteiger partial charge on any atom is -0.477 e. The molecule has 0 amide bonds. The van der Waals surface area contributed by atoms with Crippen LogP contribution in [0.5, 0.6) is 0 Å². The summed E-state index contributed by atoms with van der Waals surface area (Å²) < 4.78 is 0. The third kappa shape index (κ3) is 4.97. The van der Waals surface area contributed by atoms with Gasteiger partial charge in [0.25, 0.3) is 0 Å². The number of hydrogen-bond donors (Lipinski definition) is 3. The van der Waals surface area contributed by atoms with E-state index >= 15 is 0 Å². The Hall–Kier alpha value is -2.26. The zero-order chi connectivity index (χ0) is 16.2. The number of carboxylic acids is 1. The highest BCUT2D eigenvalue weighted by Crippen LogP contribution is 2.20. The maximum absolute atomic E-state index is 11.0. The fourth-order valence-electron chi connectivity index (χ4n) is 1.88. The molecule has 1 heterocycles. The average molecular weight is 298 g/mol. The summed E-state index contributed by atoms with van der Waals surface area (Å²) in [4.78, 5) is 26.5. The number of anilines is 1. The fourth-order valence-corrected chi connectivity index (χ4v) is 1.88. The number of nitro groups is 1. The third-order valence-corrected chi connectivity index (χ3v) is 2.62. The van der Waals surface area contributed by atoms with E-state index in [9.17, 15) is 20.0 Å². The Morgan fingerprint density at radius 3 is 2.67 bits per heavy atom. The largest absolute Gasteiger partial charge is 0.477 e. The van der Waals surface area contributed by atoms with Gasteiger partial charge in [-0.2, -0.15) is 0 Å². The first-order chi connectivity index (χ1) is 9.62. The predicted molar refractivity (Wildman–Crippen MR) is 75.5 cm³/mol. The van der Waals surface area contributed by atoms with Crippen molar-refractivity contribution in [2.45, 2.75) is 12.5 Å². The molecule has 116 valence electrons. The van der Waals surface area contributed by atoms with Gasteiger partial charge >= 0.3 is 11.7 Å². The van der Waals surface area contributed by atoms with Gasteiger partial charge in [-0.05, 0) is 21.0 Å². The molecule has 9 heteroatoms. The Morgan fingerprint density at radius 1 is 1.57 bits per heavy atom. The van der Waals surface area contributed by atoms with Gasteiger partial charge in [0.2, 0.25) is 0 Å². The molecule has 0 saturated carbocycles. The summed E-state index contributed by atoms with van der Waals surface area (Å²) in [5.41, 5.74) is -2.09. The topological polar surface area (TPSA) is 129 Å². The third-order valence-electron chi connectivity index (χ3n) is 2.62. The van der Waals surface area contributed by atoms with Crippen molar-refractivity contribution < 1.29 is 19.9 Å². The highest BCUT2D eigenvalue weighted by atomic mass is 16.6. The Morgan fingerprint density at radius 2 is 2.19 bits per heavy atom. The number of aromatic carboxylic acids is 1. The molecular weight excluding hydrogens is 280 g/mol. The number of rotatable bonds is 7. The number of hydrogen-bond acceptors (Lipinski definition) is 7. The normalized spacial score (nSPS) is 13.8. The van der Waals surface area contributed by atoms with E-state index in [4.69, 9.17) is 5.11 Å². The van der Waals surface area contributed by atoms with Gasteiger partial charge in [-0.15, -0.1) is 0 Å². The van der Waals surface area contributed by atoms with Crippen LogP contribution in [0.2, 0.25) is 0 Å². The van der Waals surface area contributed by atoms with Gasteiger partial charge < -0.3 is 20.4 Å². The molecule has 0 aliphatic rings. The zero-order valence-electron chi connectivity index (χ0n) is 12.0. The Bertz CT molecular complexity index is 544. The molecule has 0 saturated heterocycles. The molecule has 0 radical (unpaired) electrons. The molecule has 1 aromatic rings. The van der Waals surface area contributed by atoms with Crippen LogP contribution in [0.4, 0.5) is 11.5 Å². The molecule has 1 atom stereocenters. The van der Waals surface area contributed by atoms with E-state index in [0.717, 1.165) is 12.3 Å². The summed E-state index contributed by atoms with van der Waals surface area (Å²) in [6.45, 7) is 2.12. The summed E-state index contributed by atoms with van der Waals surface area (Å²) in [6, 6.07) is 1.08. The second-order valence-electron chi connectivity index (χ2n) is 5.24. The molecule has 1 aromatic heterocycles. The van der Waals surface area contributed by atoms with Crippen LogP contribution < -0.4 is 5.32 Å². The minimum atomic E-state index is -1.41. The lowest BCUT2D eigenvalue weighted by atomic mass is 10.1. The maximum atomic E-state index is 11.0. The van der Waals surface area contributed by atoms with Gasteiger partial charge in [0.1, 0.15) is 17.6 Å². The quantitative estimate of drug-likeness (QED) is 0.487. The molecule has 0 spiro atoms. The summed E-state index contributed by atoms with van der Waals surface area (Å²) >= 11 is 0. The van der Waals surface area contributed by atoms with Crippen LogP contribution in [0.3, 0.4) is 0 Å². The fraction of sp³-hybridized carbons (Fsp3) is 0.500. The Labute approximate surface area is 121 Å². The molecule has 0 aromatic carbocycles. The van der Waals surface area contributed by atoms with Gasteiger partial charge in [0.15, 0.2) is 0 Å². The van der Waals surface area contributed by atoms with Crippen LogP contribution in [-0.2, 0) is 0 Å². The molecule has 0 fully saturated rings. The van der Waals surface area contributed by atoms with Crippen molar-refractivity contribution in [2.24, 2.45) is 0 Å². The van der Waals surface area contributed by atoms with Crippen LogP contribution in [0.25, 0.3) is 0 Å². The van der Waals surface area contributed by atoms with Gasteiger partial charge in [-0.25, -0.2) is 9.78 Å². The molecular formula is C12H18N4O5. The standard InChI is InChI=1S/C12H18N4O5/c1-12(19,7-15(2)3)6-14-10-4-8(11(17)18)9(5-13-10)16(20)21/h4-5,19H,6-7H2,1-3H3,(H,13,14)(H,17,18). The van der Waals surface area contributed by atoms with Crippen molar-refractivity contribution in [2.75, 3.05) is 32.5 Å². The maximum Gasteiger partial charge on any atom is 0.342 e. The lowest BCUT2D eigenvalue weighted by Crippen LogP contribution is -2.43. The first-order valence-corrected chi connectivity index (χ1v) is 6.11. The van der Waals surface area contributed by atoms with Gasteiger partial charge in [0, 0.05) is 19.2 Å². The molecule has 1 rings (SSSR count). The number of nitrogens with one attached hydrogen (secondary N) is 1. The average Bonchev–Trinajstić information content (AvgIpc) is 2.34. The van der Waals surface area contributed by atoms with Gasteiger partial charge in [0.05, 0.1) is 10.5 Å². The second-order valence-corrected chi connectivity index (χ2v) is 5.24. The molecule has 0 aliphatic carbocycles. The van der Waals surface area contributed by atoms with E-state index < -0.39 is 27.7 Å². The second kappa shape index (κ2) is 6.46. The van der Waals surface area contributed by atoms with Crippen molar-refractivity contribution in [1.82, 2.24) is 9.88 Å². The molecule has 1 unspecified atom stereocenters. The number of carboxylic acid groups (broad SMARTS) is 1.